The zero-order valence-electron chi connectivity index (χ0n) is 11.8. The molecule has 1 heteroatoms. The van der Waals surface area contributed by atoms with Crippen molar-refractivity contribution in [2.45, 2.75) is 25.7 Å². The molecule has 1 fully saturated rings. The summed E-state index contributed by atoms with van der Waals surface area (Å²) in [5.41, 5.74) is 5.42. The van der Waals surface area contributed by atoms with Crippen molar-refractivity contribution in [1.82, 2.24) is 4.98 Å². The molecule has 3 aromatic rings. The van der Waals surface area contributed by atoms with E-state index in [9.17, 15) is 0 Å². The molecule has 1 N–H and O–H groups in total. The number of H-pyrrole nitrogens is 1. The highest BCUT2D eigenvalue weighted by Crippen LogP contribution is 2.47. The van der Waals surface area contributed by atoms with Gasteiger partial charge in [0.25, 0.3) is 0 Å². The van der Waals surface area contributed by atoms with Crippen molar-refractivity contribution >= 4 is 10.9 Å². The van der Waals surface area contributed by atoms with Gasteiger partial charge in [-0.2, -0.15) is 0 Å². The van der Waals surface area contributed by atoms with E-state index in [-0.39, 0.29) is 0 Å². The second kappa shape index (κ2) is 4.52. The van der Waals surface area contributed by atoms with Gasteiger partial charge in [0.15, 0.2) is 0 Å². The third-order valence-electron chi connectivity index (χ3n) is 4.59. The number of benzene rings is 2. The summed E-state index contributed by atoms with van der Waals surface area (Å²) in [7, 11) is 0. The number of para-hydroxylation sites is 1. The molecule has 1 saturated carbocycles. The third-order valence-corrected chi connectivity index (χ3v) is 4.59. The number of hydrogen-bond donors (Lipinski definition) is 1. The molecule has 100 valence electrons. The molecule has 0 aliphatic heterocycles. The molecule has 0 spiro atoms. The minimum atomic E-state index is 0.719. The van der Waals surface area contributed by atoms with E-state index in [1.165, 1.54) is 40.6 Å². The Morgan fingerprint density at radius 1 is 0.900 bits per heavy atom. The molecular weight excluding hydrogens is 242 g/mol. The van der Waals surface area contributed by atoms with Crippen LogP contribution >= 0.6 is 0 Å². The molecule has 0 unspecified atom stereocenters. The molecule has 0 bridgehead atoms. The summed E-state index contributed by atoms with van der Waals surface area (Å²) in [5, 5.41) is 1.41. The van der Waals surface area contributed by atoms with E-state index < -0.39 is 0 Å². The first-order chi connectivity index (χ1) is 9.83. The molecule has 1 heterocycles. The van der Waals surface area contributed by atoms with Crippen LogP contribution in [0.3, 0.4) is 0 Å². The van der Waals surface area contributed by atoms with E-state index in [2.05, 4.69) is 66.5 Å². The highest BCUT2D eigenvalue weighted by Gasteiger charge is 2.31. The number of nitrogens with one attached hydrogen (secondary N) is 1. The van der Waals surface area contributed by atoms with Crippen LogP contribution in [-0.4, -0.2) is 4.98 Å². The Kier molecular flexibility index (Phi) is 2.66. The molecule has 0 atom stereocenters. The maximum absolute atomic E-state index is 3.64. The van der Waals surface area contributed by atoms with E-state index in [1.54, 1.807) is 0 Å². The summed E-state index contributed by atoms with van der Waals surface area (Å²) in [6, 6.07) is 19.4. The van der Waals surface area contributed by atoms with Crippen molar-refractivity contribution in [3.05, 3.63) is 60.2 Å². The van der Waals surface area contributed by atoms with Crippen molar-refractivity contribution in [3.63, 3.8) is 0 Å². The largest absolute Gasteiger partial charge is 0.354 e. The summed E-state index contributed by atoms with van der Waals surface area (Å²) in [5.74, 6) is 1.59. The normalized spacial score (nSPS) is 21.9. The SMILES string of the molecule is CC1CC(c2c(-c3ccccc3)[nH]c3ccccc23)C1. The van der Waals surface area contributed by atoms with Crippen LogP contribution in [0.15, 0.2) is 54.6 Å². The molecule has 0 saturated heterocycles. The molecule has 1 aliphatic rings. The van der Waals surface area contributed by atoms with Crippen LogP contribution in [0.2, 0.25) is 0 Å². The average molecular weight is 261 g/mol. The van der Waals surface area contributed by atoms with Gasteiger partial charge in [0.2, 0.25) is 0 Å². The second-order valence-electron chi connectivity index (χ2n) is 6.10. The fraction of sp³-hybridized carbons (Fsp3) is 0.263. The summed E-state index contributed by atoms with van der Waals surface area (Å²) >= 11 is 0. The summed E-state index contributed by atoms with van der Waals surface area (Å²) < 4.78 is 0. The molecule has 1 nitrogen and oxygen atoms in total. The van der Waals surface area contributed by atoms with E-state index in [0.29, 0.717) is 0 Å². The highest BCUT2D eigenvalue weighted by molar-refractivity contribution is 5.91. The Bertz CT molecular complexity index is 733. The first kappa shape index (κ1) is 11.8. The summed E-state index contributed by atoms with van der Waals surface area (Å²) in [6.45, 7) is 2.35. The zero-order valence-corrected chi connectivity index (χ0v) is 11.8. The lowest BCUT2D eigenvalue weighted by Crippen LogP contribution is -2.19. The fourth-order valence-electron chi connectivity index (χ4n) is 3.56. The molecule has 1 aliphatic carbocycles. The quantitative estimate of drug-likeness (QED) is 0.640. The van der Waals surface area contributed by atoms with Crippen LogP contribution < -0.4 is 0 Å². The van der Waals surface area contributed by atoms with Gasteiger partial charge in [-0.3, -0.25) is 0 Å². The summed E-state index contributed by atoms with van der Waals surface area (Å²) in [6.07, 6.45) is 2.64. The molecule has 0 amide bonds. The van der Waals surface area contributed by atoms with Crippen LogP contribution in [0.25, 0.3) is 22.2 Å². The predicted molar refractivity (Wildman–Crippen MR) is 84.9 cm³/mol. The lowest BCUT2D eigenvalue weighted by Gasteiger charge is -2.33. The van der Waals surface area contributed by atoms with E-state index in [0.717, 1.165) is 11.8 Å². The number of aromatic amines is 1. The van der Waals surface area contributed by atoms with Gasteiger partial charge >= 0.3 is 0 Å². The Morgan fingerprint density at radius 2 is 1.60 bits per heavy atom. The van der Waals surface area contributed by atoms with Gasteiger partial charge < -0.3 is 4.98 Å². The van der Waals surface area contributed by atoms with E-state index in [1.807, 2.05) is 0 Å². The highest BCUT2D eigenvalue weighted by atomic mass is 14.7. The number of rotatable bonds is 2. The lowest BCUT2D eigenvalue weighted by molar-refractivity contribution is 0.290. The molecule has 20 heavy (non-hydrogen) atoms. The Hall–Kier alpha value is -2.02. The first-order valence-electron chi connectivity index (χ1n) is 7.49. The molecular formula is C19H19N. The van der Waals surface area contributed by atoms with Crippen molar-refractivity contribution < 1.29 is 0 Å². The topological polar surface area (TPSA) is 15.8 Å². The molecule has 0 radical (unpaired) electrons. The maximum Gasteiger partial charge on any atom is 0.0500 e. The third kappa shape index (κ3) is 1.77. The smallest absolute Gasteiger partial charge is 0.0500 e. The van der Waals surface area contributed by atoms with Gasteiger partial charge in [-0.15, -0.1) is 0 Å². The van der Waals surface area contributed by atoms with Crippen LogP contribution in [0.5, 0.6) is 0 Å². The van der Waals surface area contributed by atoms with Crippen molar-refractivity contribution in [2.75, 3.05) is 0 Å². The first-order valence-corrected chi connectivity index (χ1v) is 7.49. The van der Waals surface area contributed by atoms with Crippen LogP contribution in [-0.2, 0) is 0 Å². The van der Waals surface area contributed by atoms with Crippen LogP contribution in [0, 0.1) is 5.92 Å². The van der Waals surface area contributed by atoms with Crippen LogP contribution in [0.4, 0.5) is 0 Å². The predicted octanol–water partition coefficient (Wildman–Crippen LogP) is 5.35. The van der Waals surface area contributed by atoms with Gasteiger partial charge in [-0.25, -0.2) is 0 Å². The summed E-state index contributed by atoms with van der Waals surface area (Å²) in [4.78, 5) is 3.64. The Balaban J connectivity index is 1.93. The standard InChI is InChI=1S/C19H19N/c1-13-11-15(12-13)18-16-9-5-6-10-17(16)20-19(18)14-7-3-2-4-8-14/h2-10,13,15,20H,11-12H2,1H3. The van der Waals surface area contributed by atoms with Crippen molar-refractivity contribution in [1.29, 1.82) is 0 Å². The zero-order chi connectivity index (χ0) is 13.5. The number of aromatic nitrogens is 1. The van der Waals surface area contributed by atoms with E-state index >= 15 is 0 Å². The maximum atomic E-state index is 3.64. The van der Waals surface area contributed by atoms with Crippen molar-refractivity contribution in [3.8, 4) is 11.3 Å². The Morgan fingerprint density at radius 3 is 2.35 bits per heavy atom. The number of fused-ring (bicyclic) bond motifs is 1. The van der Waals surface area contributed by atoms with Gasteiger partial charge in [0, 0.05) is 16.6 Å². The fourth-order valence-corrected chi connectivity index (χ4v) is 3.56. The van der Waals surface area contributed by atoms with Crippen LogP contribution in [0.1, 0.15) is 31.2 Å². The van der Waals surface area contributed by atoms with Gasteiger partial charge in [-0.05, 0) is 41.9 Å². The number of hydrogen-bond acceptors (Lipinski definition) is 0. The lowest BCUT2D eigenvalue weighted by atomic mass is 9.71. The molecule has 4 rings (SSSR count). The molecule has 1 aromatic heterocycles. The monoisotopic (exact) mass is 261 g/mol. The average Bonchev–Trinajstić information content (AvgIpc) is 2.84. The van der Waals surface area contributed by atoms with Crippen molar-refractivity contribution in [2.24, 2.45) is 5.92 Å². The minimum Gasteiger partial charge on any atom is -0.354 e. The second-order valence-corrected chi connectivity index (χ2v) is 6.10. The molecule has 2 aromatic carbocycles. The van der Waals surface area contributed by atoms with Gasteiger partial charge in [-0.1, -0.05) is 55.5 Å². The minimum absolute atomic E-state index is 0.719. The van der Waals surface area contributed by atoms with Gasteiger partial charge in [0.1, 0.15) is 0 Å². The Labute approximate surface area is 119 Å². The van der Waals surface area contributed by atoms with E-state index in [4.69, 9.17) is 0 Å². The van der Waals surface area contributed by atoms with Gasteiger partial charge in [0.05, 0.1) is 0 Å².